The summed E-state index contributed by atoms with van der Waals surface area (Å²) in [6, 6.07) is 8.62. The molecule has 2 N–H and O–H groups in total. The molecule has 0 amide bonds. The van der Waals surface area contributed by atoms with Crippen LogP contribution in [0.25, 0.3) is 0 Å². The van der Waals surface area contributed by atoms with Crippen LogP contribution in [-0.4, -0.2) is 31.0 Å². The van der Waals surface area contributed by atoms with E-state index in [2.05, 4.69) is 36.2 Å². The minimum atomic E-state index is 0.474. The van der Waals surface area contributed by atoms with Gasteiger partial charge in [0.1, 0.15) is 0 Å². The van der Waals surface area contributed by atoms with E-state index in [1.54, 1.807) is 0 Å². The lowest BCUT2D eigenvalue weighted by molar-refractivity contribution is 0.422. The first kappa shape index (κ1) is 10.0. The first-order chi connectivity index (χ1) is 7.16. The average molecular weight is 203 g/mol. The molecule has 0 bridgehead atoms. The number of aliphatic imine (C=N–C) groups is 1. The van der Waals surface area contributed by atoms with E-state index < -0.39 is 0 Å². The lowest BCUT2D eigenvalue weighted by Crippen LogP contribution is -2.41. The molecule has 1 unspecified atom stereocenters. The van der Waals surface area contributed by atoms with Crippen molar-refractivity contribution in [2.45, 2.75) is 12.8 Å². The van der Waals surface area contributed by atoms with E-state index >= 15 is 0 Å². The van der Waals surface area contributed by atoms with Gasteiger partial charge in [-0.05, 0) is 12.5 Å². The van der Waals surface area contributed by atoms with Crippen molar-refractivity contribution in [3.63, 3.8) is 0 Å². The van der Waals surface area contributed by atoms with Crippen LogP contribution < -0.4 is 5.73 Å². The highest BCUT2D eigenvalue weighted by Crippen LogP contribution is 2.20. The Morgan fingerprint density at radius 1 is 1.47 bits per heavy atom. The Kier molecular flexibility index (Phi) is 2.62. The molecule has 0 spiro atoms. The van der Waals surface area contributed by atoms with Crippen LogP contribution in [0.4, 0.5) is 0 Å². The zero-order valence-corrected chi connectivity index (χ0v) is 9.27. The Bertz CT molecular complexity index is 384. The molecule has 3 nitrogen and oxygen atoms in total. The largest absolute Gasteiger partial charge is 0.370 e. The van der Waals surface area contributed by atoms with Crippen molar-refractivity contribution in [1.82, 2.24) is 4.90 Å². The normalized spacial score (nSPS) is 21.3. The van der Waals surface area contributed by atoms with Crippen LogP contribution in [0.3, 0.4) is 0 Å². The van der Waals surface area contributed by atoms with E-state index in [9.17, 15) is 0 Å². The van der Waals surface area contributed by atoms with Crippen LogP contribution in [-0.2, 0) is 0 Å². The Morgan fingerprint density at radius 2 is 2.27 bits per heavy atom. The van der Waals surface area contributed by atoms with Crippen LogP contribution >= 0.6 is 0 Å². The molecule has 0 saturated carbocycles. The molecule has 1 aromatic rings. The number of guanidine groups is 1. The lowest BCUT2D eigenvalue weighted by Gasteiger charge is -2.29. The molecule has 80 valence electrons. The van der Waals surface area contributed by atoms with Crippen LogP contribution in [0.1, 0.15) is 17.0 Å². The Labute approximate surface area is 90.6 Å². The quantitative estimate of drug-likeness (QED) is 0.748. The fraction of sp³-hybridized carbons (Fsp3) is 0.417. The number of hydrogen-bond donors (Lipinski definition) is 1. The standard InChI is InChI=1S/C12H17N3/c1-9-4-3-5-10(6-9)11-7-14-12(13)15(2)8-11/h3-6,11H,7-8H2,1-2H3,(H2,13,14). The molecular formula is C12H17N3. The third kappa shape index (κ3) is 2.12. The summed E-state index contributed by atoms with van der Waals surface area (Å²) in [6.07, 6.45) is 0. The van der Waals surface area contributed by atoms with Gasteiger partial charge in [0.2, 0.25) is 0 Å². The first-order valence-corrected chi connectivity index (χ1v) is 5.24. The smallest absolute Gasteiger partial charge is 0.191 e. The molecular weight excluding hydrogens is 186 g/mol. The molecule has 3 heteroatoms. The Balaban J connectivity index is 2.20. The number of aryl methyl sites for hydroxylation is 1. The van der Waals surface area contributed by atoms with Crippen molar-refractivity contribution in [2.24, 2.45) is 10.7 Å². The van der Waals surface area contributed by atoms with Gasteiger partial charge < -0.3 is 10.6 Å². The van der Waals surface area contributed by atoms with Gasteiger partial charge >= 0.3 is 0 Å². The van der Waals surface area contributed by atoms with Gasteiger partial charge in [0.15, 0.2) is 5.96 Å². The van der Waals surface area contributed by atoms with Crippen molar-refractivity contribution >= 4 is 5.96 Å². The molecule has 1 aliphatic heterocycles. The Hall–Kier alpha value is -1.51. The maximum atomic E-state index is 5.72. The highest BCUT2D eigenvalue weighted by molar-refractivity contribution is 5.78. The van der Waals surface area contributed by atoms with Gasteiger partial charge in [-0.15, -0.1) is 0 Å². The monoisotopic (exact) mass is 203 g/mol. The summed E-state index contributed by atoms with van der Waals surface area (Å²) in [5.74, 6) is 1.13. The maximum Gasteiger partial charge on any atom is 0.191 e. The summed E-state index contributed by atoms with van der Waals surface area (Å²) in [7, 11) is 1.99. The van der Waals surface area contributed by atoms with Crippen LogP contribution in [0.15, 0.2) is 29.3 Å². The molecule has 0 radical (unpaired) electrons. The highest BCUT2D eigenvalue weighted by Gasteiger charge is 2.19. The van der Waals surface area contributed by atoms with Crippen molar-refractivity contribution in [2.75, 3.05) is 20.1 Å². The van der Waals surface area contributed by atoms with E-state index in [-0.39, 0.29) is 0 Å². The van der Waals surface area contributed by atoms with Gasteiger partial charge in [-0.2, -0.15) is 0 Å². The van der Waals surface area contributed by atoms with Gasteiger partial charge in [0.25, 0.3) is 0 Å². The number of nitrogens with zero attached hydrogens (tertiary/aromatic N) is 2. The summed E-state index contributed by atoms with van der Waals surface area (Å²) >= 11 is 0. The Morgan fingerprint density at radius 3 is 2.93 bits per heavy atom. The zero-order valence-electron chi connectivity index (χ0n) is 9.27. The number of rotatable bonds is 1. The summed E-state index contributed by atoms with van der Waals surface area (Å²) < 4.78 is 0. The summed E-state index contributed by atoms with van der Waals surface area (Å²) in [4.78, 5) is 6.33. The lowest BCUT2D eigenvalue weighted by atomic mass is 9.96. The topological polar surface area (TPSA) is 41.6 Å². The highest BCUT2D eigenvalue weighted by atomic mass is 15.2. The van der Waals surface area contributed by atoms with Crippen molar-refractivity contribution in [3.05, 3.63) is 35.4 Å². The van der Waals surface area contributed by atoms with Gasteiger partial charge in [-0.1, -0.05) is 29.8 Å². The minimum absolute atomic E-state index is 0.474. The minimum Gasteiger partial charge on any atom is -0.370 e. The number of hydrogen-bond acceptors (Lipinski definition) is 3. The molecule has 15 heavy (non-hydrogen) atoms. The van der Waals surface area contributed by atoms with Crippen molar-refractivity contribution < 1.29 is 0 Å². The number of benzene rings is 1. The van der Waals surface area contributed by atoms with Crippen LogP contribution in [0.2, 0.25) is 0 Å². The predicted molar refractivity (Wildman–Crippen MR) is 63.0 cm³/mol. The third-order valence-corrected chi connectivity index (χ3v) is 2.87. The molecule has 0 aromatic heterocycles. The molecule has 1 aromatic carbocycles. The van der Waals surface area contributed by atoms with E-state index in [1.807, 2.05) is 11.9 Å². The fourth-order valence-corrected chi connectivity index (χ4v) is 1.94. The average Bonchev–Trinajstić information content (AvgIpc) is 2.22. The molecule has 0 aliphatic carbocycles. The maximum absolute atomic E-state index is 5.72. The van der Waals surface area contributed by atoms with E-state index in [1.165, 1.54) is 11.1 Å². The van der Waals surface area contributed by atoms with E-state index in [4.69, 9.17) is 5.73 Å². The zero-order chi connectivity index (χ0) is 10.8. The van der Waals surface area contributed by atoms with Crippen molar-refractivity contribution in [1.29, 1.82) is 0 Å². The van der Waals surface area contributed by atoms with Crippen molar-refractivity contribution in [3.8, 4) is 0 Å². The summed E-state index contributed by atoms with van der Waals surface area (Å²) in [5.41, 5.74) is 8.39. The van der Waals surface area contributed by atoms with Gasteiger partial charge in [0.05, 0.1) is 6.54 Å². The SMILES string of the molecule is Cc1cccc(C2CN=C(N)N(C)C2)c1. The second-order valence-electron chi connectivity index (χ2n) is 4.19. The molecule has 1 heterocycles. The first-order valence-electron chi connectivity index (χ1n) is 5.24. The second kappa shape index (κ2) is 3.93. The van der Waals surface area contributed by atoms with E-state index in [0.717, 1.165) is 13.1 Å². The molecule has 1 aliphatic rings. The molecule has 1 atom stereocenters. The molecule has 0 saturated heterocycles. The molecule has 2 rings (SSSR count). The number of likely N-dealkylation sites (N-methyl/N-ethyl adjacent to an activating group) is 1. The van der Waals surface area contributed by atoms with Gasteiger partial charge in [-0.3, -0.25) is 4.99 Å². The second-order valence-corrected chi connectivity index (χ2v) is 4.19. The summed E-state index contributed by atoms with van der Waals surface area (Å²) in [6.45, 7) is 3.88. The summed E-state index contributed by atoms with van der Waals surface area (Å²) in [5, 5.41) is 0. The third-order valence-electron chi connectivity index (χ3n) is 2.87. The van der Waals surface area contributed by atoms with Gasteiger partial charge in [-0.25, -0.2) is 0 Å². The van der Waals surface area contributed by atoms with Crippen LogP contribution in [0.5, 0.6) is 0 Å². The predicted octanol–water partition coefficient (Wildman–Crippen LogP) is 1.34. The van der Waals surface area contributed by atoms with E-state index in [0.29, 0.717) is 11.9 Å². The molecule has 0 fully saturated rings. The van der Waals surface area contributed by atoms with Crippen LogP contribution in [0, 0.1) is 6.92 Å². The fourth-order valence-electron chi connectivity index (χ4n) is 1.94. The van der Waals surface area contributed by atoms with Gasteiger partial charge in [0, 0.05) is 19.5 Å². The number of nitrogens with two attached hydrogens (primary N) is 1.